The number of rotatable bonds is 3. The van der Waals surface area contributed by atoms with Gasteiger partial charge >= 0.3 is 0 Å². The molecule has 2 aromatic carbocycles. The topological polar surface area (TPSA) is 38.9 Å². The minimum Gasteiger partial charge on any atom is -0.324 e. The predicted octanol–water partition coefficient (Wildman–Crippen LogP) is 3.79. The number of hydrogen-bond donors (Lipinski definition) is 1. The van der Waals surface area contributed by atoms with E-state index < -0.39 is 0 Å². The van der Waals surface area contributed by atoms with Crippen molar-refractivity contribution in [2.45, 2.75) is 19.4 Å². The van der Waals surface area contributed by atoms with Crippen LogP contribution in [0.4, 0.5) is 0 Å². The van der Waals surface area contributed by atoms with Gasteiger partial charge in [0.25, 0.3) is 0 Å². The Morgan fingerprint density at radius 2 is 1.85 bits per heavy atom. The number of benzene rings is 2. The van der Waals surface area contributed by atoms with Crippen molar-refractivity contribution in [3.05, 3.63) is 77.6 Å². The van der Waals surface area contributed by atoms with E-state index in [2.05, 4.69) is 54.4 Å². The molecule has 0 radical (unpaired) electrons. The molecule has 0 saturated heterocycles. The van der Waals surface area contributed by atoms with Crippen LogP contribution in [0.5, 0.6) is 0 Å². The van der Waals surface area contributed by atoms with Crippen LogP contribution < -0.4 is 5.73 Å². The number of fused-ring (bicyclic) bond motifs is 1. The van der Waals surface area contributed by atoms with Crippen LogP contribution in [0.3, 0.4) is 0 Å². The van der Waals surface area contributed by atoms with Gasteiger partial charge in [-0.1, -0.05) is 42.5 Å². The van der Waals surface area contributed by atoms with Crippen molar-refractivity contribution in [3.63, 3.8) is 0 Å². The molecule has 1 aromatic heterocycles. The Bertz CT molecular complexity index is 729. The first-order chi connectivity index (χ1) is 9.75. The highest BCUT2D eigenvalue weighted by molar-refractivity contribution is 5.85. The zero-order chi connectivity index (χ0) is 13.9. The van der Waals surface area contributed by atoms with E-state index in [-0.39, 0.29) is 6.04 Å². The number of hydrogen-bond acceptors (Lipinski definition) is 2. The second kappa shape index (κ2) is 5.43. The van der Waals surface area contributed by atoms with Crippen molar-refractivity contribution < 1.29 is 0 Å². The van der Waals surface area contributed by atoms with Gasteiger partial charge in [-0.2, -0.15) is 0 Å². The van der Waals surface area contributed by atoms with Crippen LogP contribution in [0.1, 0.15) is 22.7 Å². The monoisotopic (exact) mass is 262 g/mol. The van der Waals surface area contributed by atoms with Gasteiger partial charge in [0.05, 0.1) is 0 Å². The second-order valence-corrected chi connectivity index (χ2v) is 5.18. The van der Waals surface area contributed by atoms with Gasteiger partial charge in [0.2, 0.25) is 0 Å². The molecule has 0 fully saturated rings. The van der Waals surface area contributed by atoms with E-state index in [1.165, 1.54) is 21.9 Å². The molecule has 1 atom stereocenters. The molecule has 0 aliphatic rings. The maximum Gasteiger partial charge on any atom is 0.0339 e. The van der Waals surface area contributed by atoms with E-state index in [0.717, 1.165) is 12.0 Å². The standard InChI is InChI=1S/C18H18N2/c1-13-12-20-10-9-16(13)18(19)11-15-7-4-6-14-5-2-3-8-17(14)15/h2-10,12,18H,11,19H2,1H3. The lowest BCUT2D eigenvalue weighted by molar-refractivity contribution is 0.718. The summed E-state index contributed by atoms with van der Waals surface area (Å²) in [5.74, 6) is 0. The Morgan fingerprint density at radius 3 is 2.70 bits per heavy atom. The molecule has 1 unspecified atom stereocenters. The first-order valence-corrected chi connectivity index (χ1v) is 6.88. The number of pyridine rings is 1. The van der Waals surface area contributed by atoms with E-state index >= 15 is 0 Å². The fourth-order valence-electron chi connectivity index (χ4n) is 2.72. The Kier molecular flexibility index (Phi) is 3.48. The van der Waals surface area contributed by atoms with Crippen LogP contribution >= 0.6 is 0 Å². The van der Waals surface area contributed by atoms with E-state index in [9.17, 15) is 0 Å². The van der Waals surface area contributed by atoms with E-state index in [1.807, 2.05) is 18.5 Å². The molecule has 2 N–H and O–H groups in total. The molecule has 3 aromatic rings. The van der Waals surface area contributed by atoms with Gasteiger partial charge in [-0.15, -0.1) is 0 Å². The molecule has 100 valence electrons. The van der Waals surface area contributed by atoms with Crippen molar-refractivity contribution in [1.29, 1.82) is 0 Å². The maximum atomic E-state index is 6.39. The minimum atomic E-state index is 0.00352. The number of aryl methyl sites for hydroxylation is 1. The average Bonchev–Trinajstić information content (AvgIpc) is 2.48. The largest absolute Gasteiger partial charge is 0.324 e. The fraction of sp³-hybridized carbons (Fsp3) is 0.167. The normalized spacial score (nSPS) is 12.5. The van der Waals surface area contributed by atoms with Crippen molar-refractivity contribution >= 4 is 10.8 Å². The van der Waals surface area contributed by atoms with E-state index in [0.29, 0.717) is 0 Å². The molecular weight excluding hydrogens is 244 g/mol. The third-order valence-corrected chi connectivity index (χ3v) is 3.78. The summed E-state index contributed by atoms with van der Waals surface area (Å²) in [6.07, 6.45) is 4.52. The molecule has 0 saturated carbocycles. The summed E-state index contributed by atoms with van der Waals surface area (Å²) >= 11 is 0. The molecule has 1 heterocycles. The SMILES string of the molecule is Cc1cnccc1C(N)Cc1cccc2ccccc12. The molecule has 0 spiro atoms. The van der Waals surface area contributed by atoms with Crippen LogP contribution in [-0.2, 0) is 6.42 Å². The molecule has 2 heteroatoms. The van der Waals surface area contributed by atoms with Gasteiger partial charge in [-0.3, -0.25) is 4.98 Å². The molecule has 0 aliphatic carbocycles. The molecule has 0 amide bonds. The quantitative estimate of drug-likeness (QED) is 0.780. The Labute approximate surface area is 119 Å². The van der Waals surface area contributed by atoms with Gasteiger partial charge in [0, 0.05) is 18.4 Å². The molecule has 20 heavy (non-hydrogen) atoms. The first-order valence-electron chi connectivity index (χ1n) is 6.88. The summed E-state index contributed by atoms with van der Waals surface area (Å²) < 4.78 is 0. The maximum absolute atomic E-state index is 6.39. The second-order valence-electron chi connectivity index (χ2n) is 5.18. The van der Waals surface area contributed by atoms with Crippen molar-refractivity contribution in [2.24, 2.45) is 5.73 Å². The summed E-state index contributed by atoms with van der Waals surface area (Å²) in [5, 5.41) is 2.56. The van der Waals surface area contributed by atoms with Crippen molar-refractivity contribution in [3.8, 4) is 0 Å². The summed E-state index contributed by atoms with van der Waals surface area (Å²) in [4.78, 5) is 4.13. The van der Waals surface area contributed by atoms with Crippen molar-refractivity contribution in [1.82, 2.24) is 4.98 Å². The Hall–Kier alpha value is -2.19. The first kappa shape index (κ1) is 12.8. The zero-order valence-corrected chi connectivity index (χ0v) is 11.6. The average molecular weight is 262 g/mol. The molecule has 3 rings (SSSR count). The highest BCUT2D eigenvalue weighted by Gasteiger charge is 2.11. The summed E-state index contributed by atoms with van der Waals surface area (Å²) in [6.45, 7) is 2.06. The third kappa shape index (κ3) is 2.43. The number of aromatic nitrogens is 1. The lowest BCUT2D eigenvalue weighted by Crippen LogP contribution is -2.15. The number of nitrogens with zero attached hydrogens (tertiary/aromatic N) is 1. The molecule has 2 nitrogen and oxygen atoms in total. The van der Waals surface area contributed by atoms with Crippen LogP contribution in [0, 0.1) is 6.92 Å². The third-order valence-electron chi connectivity index (χ3n) is 3.78. The Morgan fingerprint density at radius 1 is 1.05 bits per heavy atom. The minimum absolute atomic E-state index is 0.00352. The van der Waals surface area contributed by atoms with E-state index in [4.69, 9.17) is 5.73 Å². The predicted molar refractivity (Wildman–Crippen MR) is 83.6 cm³/mol. The van der Waals surface area contributed by atoms with Crippen LogP contribution in [-0.4, -0.2) is 4.98 Å². The summed E-state index contributed by atoms with van der Waals surface area (Å²) in [7, 11) is 0. The highest BCUT2D eigenvalue weighted by Crippen LogP contribution is 2.24. The lowest BCUT2D eigenvalue weighted by atomic mass is 9.94. The van der Waals surface area contributed by atoms with Gasteiger partial charge in [-0.05, 0) is 46.9 Å². The van der Waals surface area contributed by atoms with Gasteiger partial charge in [-0.25, -0.2) is 0 Å². The zero-order valence-electron chi connectivity index (χ0n) is 11.6. The van der Waals surface area contributed by atoms with Crippen molar-refractivity contribution in [2.75, 3.05) is 0 Å². The molecule has 0 aliphatic heterocycles. The van der Waals surface area contributed by atoms with Gasteiger partial charge in [0.1, 0.15) is 0 Å². The van der Waals surface area contributed by atoms with Crippen LogP contribution in [0.15, 0.2) is 60.9 Å². The van der Waals surface area contributed by atoms with Gasteiger partial charge in [0.15, 0.2) is 0 Å². The number of nitrogens with two attached hydrogens (primary N) is 1. The molecule has 0 bridgehead atoms. The fourth-order valence-corrected chi connectivity index (χ4v) is 2.72. The van der Waals surface area contributed by atoms with Gasteiger partial charge < -0.3 is 5.73 Å². The lowest BCUT2D eigenvalue weighted by Gasteiger charge is -2.15. The Balaban J connectivity index is 1.96. The summed E-state index contributed by atoms with van der Waals surface area (Å²) in [5.41, 5.74) is 10.0. The highest BCUT2D eigenvalue weighted by atomic mass is 14.7. The summed E-state index contributed by atoms with van der Waals surface area (Å²) in [6, 6.07) is 16.9. The molecular formula is C18H18N2. The van der Waals surface area contributed by atoms with Crippen LogP contribution in [0.25, 0.3) is 10.8 Å². The smallest absolute Gasteiger partial charge is 0.0339 e. The van der Waals surface area contributed by atoms with E-state index in [1.54, 1.807) is 0 Å². The van der Waals surface area contributed by atoms with Crippen LogP contribution in [0.2, 0.25) is 0 Å².